The maximum absolute atomic E-state index is 13.8. The third-order valence-electron chi connectivity index (χ3n) is 4.82. The minimum absolute atomic E-state index is 0.0743. The Hall–Kier alpha value is -2.64. The molecule has 0 spiro atoms. The number of fused-ring (bicyclic) bond motifs is 1. The van der Waals surface area contributed by atoms with Crippen molar-refractivity contribution in [2.75, 3.05) is 6.61 Å². The normalized spacial score (nSPS) is 26.8. The zero-order chi connectivity index (χ0) is 19.8. The van der Waals surface area contributed by atoms with Gasteiger partial charge in [-0.2, -0.15) is 18.3 Å². The Morgan fingerprint density at radius 2 is 1.89 bits per heavy atom. The standard InChI is InChI=1S/C19H19F3N2O3/c1-3-27-18(26)14-15(19(20,21)22)13-5-4-10-23-24(13)16(14)17(25)12-8-6-11(2)7-9-12/h4-10,13-16H,3H2,1-2H3/t13-,14-,15+,16+/m0/s1. The highest BCUT2D eigenvalue weighted by molar-refractivity contribution is 6.03. The number of nitrogens with zero attached hydrogens (tertiary/aromatic N) is 2. The molecule has 144 valence electrons. The van der Waals surface area contributed by atoms with Crippen LogP contribution in [0.4, 0.5) is 13.2 Å². The molecule has 0 radical (unpaired) electrons. The number of ketones is 1. The molecule has 0 bridgehead atoms. The molecular weight excluding hydrogens is 361 g/mol. The van der Waals surface area contributed by atoms with Crippen LogP contribution < -0.4 is 0 Å². The molecule has 0 saturated carbocycles. The van der Waals surface area contributed by atoms with Gasteiger partial charge in [-0.1, -0.05) is 35.9 Å². The number of Topliss-reactive ketones (excluding diaryl/α,β-unsaturated/α-hetero) is 1. The molecule has 0 unspecified atom stereocenters. The molecule has 2 aliphatic rings. The van der Waals surface area contributed by atoms with Gasteiger partial charge in [-0.05, 0) is 19.9 Å². The number of ether oxygens (including phenoxy) is 1. The number of carbonyl (C=O) groups is 2. The number of hydrazone groups is 1. The lowest BCUT2D eigenvalue weighted by Crippen LogP contribution is -2.43. The van der Waals surface area contributed by atoms with E-state index in [2.05, 4.69) is 5.10 Å². The van der Waals surface area contributed by atoms with Crippen molar-refractivity contribution in [1.82, 2.24) is 5.01 Å². The van der Waals surface area contributed by atoms with Gasteiger partial charge in [0.1, 0.15) is 12.0 Å². The van der Waals surface area contributed by atoms with E-state index < -0.39 is 41.8 Å². The molecule has 2 aliphatic heterocycles. The van der Waals surface area contributed by atoms with E-state index in [4.69, 9.17) is 4.74 Å². The van der Waals surface area contributed by atoms with E-state index in [1.165, 1.54) is 25.3 Å². The Bertz CT molecular complexity index is 786. The fraction of sp³-hybridized carbons (Fsp3) is 0.421. The second kappa shape index (κ2) is 7.17. The van der Waals surface area contributed by atoms with Gasteiger partial charge in [-0.3, -0.25) is 14.6 Å². The quantitative estimate of drug-likeness (QED) is 0.595. The first-order valence-corrected chi connectivity index (χ1v) is 8.59. The van der Waals surface area contributed by atoms with E-state index in [1.807, 2.05) is 6.92 Å². The number of esters is 1. The topological polar surface area (TPSA) is 59.0 Å². The molecule has 5 nitrogen and oxygen atoms in total. The van der Waals surface area contributed by atoms with E-state index in [1.54, 1.807) is 24.3 Å². The summed E-state index contributed by atoms with van der Waals surface area (Å²) in [5, 5.41) is 5.07. The first kappa shape index (κ1) is 19.1. The van der Waals surface area contributed by atoms with Gasteiger partial charge in [-0.25, -0.2) is 0 Å². The molecule has 0 N–H and O–H groups in total. The molecule has 8 heteroatoms. The molecule has 1 aromatic carbocycles. The number of hydrogen-bond donors (Lipinski definition) is 0. The molecule has 27 heavy (non-hydrogen) atoms. The maximum atomic E-state index is 13.8. The molecule has 1 saturated heterocycles. The molecule has 3 rings (SSSR count). The maximum Gasteiger partial charge on any atom is 0.395 e. The van der Waals surface area contributed by atoms with Crippen LogP contribution in [-0.4, -0.2) is 47.8 Å². The zero-order valence-electron chi connectivity index (χ0n) is 14.8. The van der Waals surface area contributed by atoms with Gasteiger partial charge in [0.2, 0.25) is 0 Å². The van der Waals surface area contributed by atoms with Gasteiger partial charge < -0.3 is 4.74 Å². The second-order valence-corrected chi connectivity index (χ2v) is 6.54. The zero-order valence-corrected chi connectivity index (χ0v) is 14.8. The molecule has 4 atom stereocenters. The average Bonchev–Trinajstić information content (AvgIpc) is 2.97. The van der Waals surface area contributed by atoms with Crippen LogP contribution in [0.25, 0.3) is 0 Å². The number of aryl methyl sites for hydroxylation is 1. The summed E-state index contributed by atoms with van der Waals surface area (Å²) in [4.78, 5) is 25.6. The van der Waals surface area contributed by atoms with Crippen molar-refractivity contribution >= 4 is 18.0 Å². The lowest BCUT2D eigenvalue weighted by Gasteiger charge is -2.28. The Morgan fingerprint density at radius 1 is 1.22 bits per heavy atom. The Balaban J connectivity index is 2.08. The van der Waals surface area contributed by atoms with Crippen LogP contribution >= 0.6 is 0 Å². The third-order valence-corrected chi connectivity index (χ3v) is 4.82. The van der Waals surface area contributed by atoms with Crippen LogP contribution in [0.5, 0.6) is 0 Å². The Morgan fingerprint density at radius 3 is 2.48 bits per heavy atom. The third kappa shape index (κ3) is 3.48. The number of allylic oxidation sites excluding steroid dienone is 1. The van der Waals surface area contributed by atoms with E-state index in [0.29, 0.717) is 0 Å². The van der Waals surface area contributed by atoms with E-state index in [9.17, 15) is 22.8 Å². The summed E-state index contributed by atoms with van der Waals surface area (Å²) in [6.45, 7) is 3.27. The first-order chi connectivity index (χ1) is 12.8. The molecule has 2 heterocycles. The summed E-state index contributed by atoms with van der Waals surface area (Å²) >= 11 is 0. The fourth-order valence-corrected chi connectivity index (χ4v) is 3.64. The van der Waals surface area contributed by atoms with Gasteiger partial charge in [0.15, 0.2) is 5.78 Å². The number of hydrogen-bond acceptors (Lipinski definition) is 5. The predicted octanol–water partition coefficient (Wildman–Crippen LogP) is 3.14. The summed E-state index contributed by atoms with van der Waals surface area (Å²) < 4.78 is 46.4. The average molecular weight is 380 g/mol. The van der Waals surface area contributed by atoms with Gasteiger partial charge in [0, 0.05) is 11.8 Å². The molecular formula is C19H19F3N2O3. The molecule has 0 aliphatic carbocycles. The monoisotopic (exact) mass is 380 g/mol. The largest absolute Gasteiger partial charge is 0.466 e. The van der Waals surface area contributed by atoms with Crippen molar-refractivity contribution in [3.05, 3.63) is 47.5 Å². The van der Waals surface area contributed by atoms with Gasteiger partial charge in [0.05, 0.1) is 18.6 Å². The van der Waals surface area contributed by atoms with Gasteiger partial charge in [0.25, 0.3) is 0 Å². The minimum Gasteiger partial charge on any atom is -0.466 e. The highest BCUT2D eigenvalue weighted by atomic mass is 19.4. The predicted molar refractivity (Wildman–Crippen MR) is 92.2 cm³/mol. The van der Waals surface area contributed by atoms with E-state index >= 15 is 0 Å². The number of carbonyl (C=O) groups excluding carboxylic acids is 2. The molecule has 1 aromatic rings. The lowest BCUT2D eigenvalue weighted by molar-refractivity contribution is -0.195. The second-order valence-electron chi connectivity index (χ2n) is 6.54. The van der Waals surface area contributed by atoms with Crippen LogP contribution in [0.15, 0.2) is 41.5 Å². The van der Waals surface area contributed by atoms with Crippen molar-refractivity contribution in [3.8, 4) is 0 Å². The summed E-state index contributed by atoms with van der Waals surface area (Å²) in [6, 6.07) is 3.85. The first-order valence-electron chi connectivity index (χ1n) is 8.59. The van der Waals surface area contributed by atoms with Crippen LogP contribution in [0, 0.1) is 18.8 Å². The highest BCUT2D eigenvalue weighted by Crippen LogP contribution is 2.47. The number of halogens is 3. The van der Waals surface area contributed by atoms with Crippen molar-refractivity contribution in [2.45, 2.75) is 32.1 Å². The van der Waals surface area contributed by atoms with Gasteiger partial charge in [-0.15, -0.1) is 0 Å². The Kier molecular flexibility index (Phi) is 5.08. The Labute approximate surface area is 154 Å². The number of benzene rings is 1. The van der Waals surface area contributed by atoms with Crippen LogP contribution in [-0.2, 0) is 9.53 Å². The molecule has 0 amide bonds. The summed E-state index contributed by atoms with van der Waals surface area (Å²) in [7, 11) is 0. The van der Waals surface area contributed by atoms with Crippen LogP contribution in [0.3, 0.4) is 0 Å². The molecule has 1 fully saturated rings. The molecule has 0 aromatic heterocycles. The van der Waals surface area contributed by atoms with Gasteiger partial charge >= 0.3 is 12.1 Å². The summed E-state index contributed by atoms with van der Waals surface area (Å²) in [5.74, 6) is -5.39. The van der Waals surface area contributed by atoms with Crippen molar-refractivity contribution in [1.29, 1.82) is 0 Å². The fourth-order valence-electron chi connectivity index (χ4n) is 3.64. The van der Waals surface area contributed by atoms with E-state index in [-0.39, 0.29) is 12.2 Å². The minimum atomic E-state index is -4.69. The lowest BCUT2D eigenvalue weighted by atomic mass is 9.83. The van der Waals surface area contributed by atoms with Crippen molar-refractivity contribution in [3.63, 3.8) is 0 Å². The SMILES string of the molecule is CCOC(=O)[C@H]1[C@H](C(F)(F)F)[C@@H]2C=CC=NN2[C@H]1C(=O)c1ccc(C)cc1. The highest BCUT2D eigenvalue weighted by Gasteiger charge is 2.64. The summed E-state index contributed by atoms with van der Waals surface area (Å²) in [5.41, 5.74) is 1.14. The number of alkyl halides is 3. The number of rotatable bonds is 4. The van der Waals surface area contributed by atoms with Crippen LogP contribution in [0.2, 0.25) is 0 Å². The van der Waals surface area contributed by atoms with Crippen molar-refractivity contribution in [2.24, 2.45) is 16.9 Å². The van der Waals surface area contributed by atoms with Crippen LogP contribution in [0.1, 0.15) is 22.8 Å². The van der Waals surface area contributed by atoms with E-state index in [0.717, 1.165) is 10.6 Å². The van der Waals surface area contributed by atoms with Crippen molar-refractivity contribution < 1.29 is 27.5 Å². The smallest absolute Gasteiger partial charge is 0.395 e. The summed E-state index contributed by atoms with van der Waals surface area (Å²) in [6.07, 6.45) is -0.673.